The normalized spacial score (nSPS) is 11.9. The predicted molar refractivity (Wildman–Crippen MR) is 128 cm³/mol. The second-order valence-electron chi connectivity index (χ2n) is 8.42. The molecule has 0 saturated carbocycles. The number of hydrogen-bond acceptors (Lipinski definition) is 5. The van der Waals surface area contributed by atoms with E-state index in [1.165, 1.54) is 0 Å². The van der Waals surface area contributed by atoms with E-state index in [9.17, 15) is 9.59 Å². The van der Waals surface area contributed by atoms with Crippen LogP contribution in [0, 0.1) is 0 Å². The van der Waals surface area contributed by atoms with Crippen LogP contribution in [0.2, 0.25) is 0 Å². The zero-order chi connectivity index (χ0) is 23.8. The van der Waals surface area contributed by atoms with E-state index in [1.807, 2.05) is 54.6 Å². The lowest BCUT2D eigenvalue weighted by Gasteiger charge is -2.22. The highest BCUT2D eigenvalue weighted by Crippen LogP contribution is 2.32. The molecule has 7 nitrogen and oxygen atoms in total. The first-order chi connectivity index (χ1) is 15.7. The second kappa shape index (κ2) is 10.6. The van der Waals surface area contributed by atoms with Crippen molar-refractivity contribution in [3.63, 3.8) is 0 Å². The van der Waals surface area contributed by atoms with Gasteiger partial charge in [-0.15, -0.1) is 0 Å². The van der Waals surface area contributed by atoms with Gasteiger partial charge in [0, 0.05) is 11.6 Å². The quantitative estimate of drug-likeness (QED) is 0.479. The smallest absolute Gasteiger partial charge is 0.408 e. The predicted octanol–water partition coefficient (Wildman–Crippen LogP) is 5.78. The molecule has 0 aliphatic carbocycles. The molecule has 0 fully saturated rings. The van der Waals surface area contributed by atoms with Crippen molar-refractivity contribution in [1.29, 1.82) is 0 Å². The molecular formula is C26H29N3O4. The van der Waals surface area contributed by atoms with Crippen molar-refractivity contribution in [2.75, 3.05) is 5.32 Å². The van der Waals surface area contributed by atoms with Crippen LogP contribution in [0.4, 0.5) is 10.6 Å². The Balaban J connectivity index is 1.70. The highest BCUT2D eigenvalue weighted by molar-refractivity contribution is 5.95. The Morgan fingerprint density at radius 2 is 1.64 bits per heavy atom. The monoisotopic (exact) mass is 447 g/mol. The van der Waals surface area contributed by atoms with Gasteiger partial charge in [-0.25, -0.2) is 4.79 Å². The number of amides is 2. The third kappa shape index (κ3) is 7.07. The molecule has 0 aliphatic heterocycles. The molecular weight excluding hydrogens is 418 g/mol. The molecule has 3 aromatic rings. The Labute approximate surface area is 194 Å². The van der Waals surface area contributed by atoms with Gasteiger partial charge in [0.1, 0.15) is 23.2 Å². The summed E-state index contributed by atoms with van der Waals surface area (Å²) in [6.07, 6.45) is -0.252. The molecule has 0 unspecified atom stereocenters. The van der Waals surface area contributed by atoms with Gasteiger partial charge in [0.2, 0.25) is 11.8 Å². The van der Waals surface area contributed by atoms with Crippen LogP contribution < -0.4 is 15.4 Å². The van der Waals surface area contributed by atoms with Crippen molar-refractivity contribution in [2.24, 2.45) is 0 Å². The Kier molecular flexibility index (Phi) is 7.66. The fourth-order valence-corrected chi connectivity index (χ4v) is 3.08. The summed E-state index contributed by atoms with van der Waals surface area (Å²) < 4.78 is 11.3. The van der Waals surface area contributed by atoms with E-state index in [1.54, 1.807) is 45.9 Å². The van der Waals surface area contributed by atoms with Gasteiger partial charge in [-0.1, -0.05) is 61.5 Å². The number of pyridine rings is 1. The summed E-state index contributed by atoms with van der Waals surface area (Å²) in [5.74, 6) is 0.916. The van der Waals surface area contributed by atoms with Gasteiger partial charge >= 0.3 is 6.09 Å². The van der Waals surface area contributed by atoms with Gasteiger partial charge in [-0.2, -0.15) is 4.98 Å². The standard InChI is InChI=1S/C26H29N3O4/c1-5-20(27-25(31)33-26(2,3)4)24(30)29-22-16-11-17-23(28-22)32-21-15-10-9-14-19(21)18-12-7-6-8-13-18/h6-17,20H,5H2,1-4H3,(H,27,31)(H,28,29,30)/t20-/m1/s1. The molecule has 1 heterocycles. The molecule has 33 heavy (non-hydrogen) atoms. The Morgan fingerprint density at radius 1 is 0.939 bits per heavy atom. The van der Waals surface area contributed by atoms with Crippen molar-refractivity contribution in [2.45, 2.75) is 45.8 Å². The number of aromatic nitrogens is 1. The first-order valence-electron chi connectivity index (χ1n) is 10.8. The van der Waals surface area contributed by atoms with Crippen molar-refractivity contribution < 1.29 is 19.1 Å². The number of nitrogens with zero attached hydrogens (tertiary/aromatic N) is 1. The fraction of sp³-hybridized carbons (Fsp3) is 0.269. The van der Waals surface area contributed by atoms with Crippen molar-refractivity contribution in [3.8, 4) is 22.8 Å². The van der Waals surface area contributed by atoms with E-state index in [0.29, 0.717) is 23.9 Å². The summed E-state index contributed by atoms with van der Waals surface area (Å²) in [6, 6.07) is 22.0. The minimum Gasteiger partial charge on any atom is -0.444 e. The maximum Gasteiger partial charge on any atom is 0.408 e. The molecule has 2 N–H and O–H groups in total. The molecule has 0 aliphatic rings. The Morgan fingerprint density at radius 3 is 2.33 bits per heavy atom. The molecule has 1 atom stereocenters. The number of rotatable bonds is 7. The van der Waals surface area contributed by atoms with E-state index in [2.05, 4.69) is 15.6 Å². The molecule has 2 aromatic carbocycles. The zero-order valence-electron chi connectivity index (χ0n) is 19.3. The molecule has 3 rings (SSSR count). The number of nitrogens with one attached hydrogen (secondary N) is 2. The summed E-state index contributed by atoms with van der Waals surface area (Å²) in [5.41, 5.74) is 1.31. The van der Waals surface area contributed by atoms with Gasteiger partial charge in [0.25, 0.3) is 0 Å². The summed E-state index contributed by atoms with van der Waals surface area (Å²) in [6.45, 7) is 7.09. The van der Waals surface area contributed by atoms with Gasteiger partial charge in [0.05, 0.1) is 0 Å². The number of ether oxygens (including phenoxy) is 2. The van der Waals surface area contributed by atoms with Gasteiger partial charge in [-0.05, 0) is 44.9 Å². The maximum absolute atomic E-state index is 12.7. The van der Waals surface area contributed by atoms with Gasteiger partial charge < -0.3 is 20.1 Å². The topological polar surface area (TPSA) is 89.5 Å². The van der Waals surface area contributed by atoms with Gasteiger partial charge in [-0.3, -0.25) is 4.79 Å². The van der Waals surface area contributed by atoms with E-state index < -0.39 is 23.6 Å². The van der Waals surface area contributed by atoms with Gasteiger partial charge in [0.15, 0.2) is 0 Å². The van der Waals surface area contributed by atoms with E-state index in [-0.39, 0.29) is 0 Å². The largest absolute Gasteiger partial charge is 0.444 e. The van der Waals surface area contributed by atoms with Crippen molar-refractivity contribution in [1.82, 2.24) is 10.3 Å². The molecule has 0 saturated heterocycles. The molecule has 7 heteroatoms. The molecule has 1 aromatic heterocycles. The van der Waals surface area contributed by atoms with E-state index in [4.69, 9.17) is 9.47 Å². The third-order valence-electron chi connectivity index (χ3n) is 4.58. The SMILES string of the molecule is CC[C@@H](NC(=O)OC(C)(C)C)C(=O)Nc1cccc(Oc2ccccc2-c2ccccc2)n1. The minimum absolute atomic E-state index is 0.319. The first kappa shape index (κ1) is 23.8. The van der Waals surface area contributed by atoms with Crippen LogP contribution in [-0.4, -0.2) is 28.6 Å². The summed E-state index contributed by atoms with van der Waals surface area (Å²) >= 11 is 0. The van der Waals surface area contributed by atoms with Crippen LogP contribution in [-0.2, 0) is 9.53 Å². The number of alkyl carbamates (subject to hydrolysis) is 1. The maximum atomic E-state index is 12.7. The summed E-state index contributed by atoms with van der Waals surface area (Å²) in [4.78, 5) is 29.1. The molecule has 0 spiro atoms. The summed E-state index contributed by atoms with van der Waals surface area (Å²) in [7, 11) is 0. The van der Waals surface area contributed by atoms with Crippen LogP contribution in [0.25, 0.3) is 11.1 Å². The van der Waals surface area contributed by atoms with Crippen LogP contribution in [0.5, 0.6) is 11.6 Å². The Hall–Kier alpha value is -3.87. The lowest BCUT2D eigenvalue weighted by Crippen LogP contribution is -2.45. The van der Waals surface area contributed by atoms with E-state index >= 15 is 0 Å². The highest BCUT2D eigenvalue weighted by Gasteiger charge is 2.23. The first-order valence-corrected chi connectivity index (χ1v) is 10.8. The number of carbonyl (C=O) groups is 2. The highest BCUT2D eigenvalue weighted by atomic mass is 16.6. The lowest BCUT2D eigenvalue weighted by molar-refractivity contribution is -0.118. The average molecular weight is 448 g/mol. The fourth-order valence-electron chi connectivity index (χ4n) is 3.08. The zero-order valence-corrected chi connectivity index (χ0v) is 19.3. The minimum atomic E-state index is -0.759. The lowest BCUT2D eigenvalue weighted by atomic mass is 10.1. The molecule has 0 radical (unpaired) electrons. The number of para-hydroxylation sites is 1. The van der Waals surface area contributed by atoms with Crippen molar-refractivity contribution in [3.05, 3.63) is 72.8 Å². The van der Waals surface area contributed by atoms with Crippen molar-refractivity contribution >= 4 is 17.8 Å². The average Bonchev–Trinajstić information content (AvgIpc) is 2.77. The molecule has 2 amide bonds. The molecule has 0 bridgehead atoms. The molecule has 172 valence electrons. The number of carbonyl (C=O) groups excluding carboxylic acids is 2. The van der Waals surface area contributed by atoms with Crippen LogP contribution in [0.1, 0.15) is 34.1 Å². The van der Waals surface area contributed by atoms with E-state index in [0.717, 1.165) is 11.1 Å². The van der Waals surface area contributed by atoms with Crippen LogP contribution in [0.15, 0.2) is 72.8 Å². The Bertz CT molecular complexity index is 1090. The summed E-state index contributed by atoms with van der Waals surface area (Å²) in [5, 5.41) is 5.32. The third-order valence-corrected chi connectivity index (χ3v) is 4.58. The van der Waals surface area contributed by atoms with Crippen LogP contribution in [0.3, 0.4) is 0 Å². The number of benzene rings is 2. The number of hydrogen-bond donors (Lipinski definition) is 2. The number of anilines is 1. The van der Waals surface area contributed by atoms with Crippen LogP contribution >= 0.6 is 0 Å². The second-order valence-corrected chi connectivity index (χ2v) is 8.42.